The molecule has 0 spiro atoms. The first-order chi connectivity index (χ1) is 8.74. The molecule has 0 N–H and O–H groups in total. The van der Waals surface area contributed by atoms with Gasteiger partial charge in [0.05, 0.1) is 5.02 Å². The lowest BCUT2D eigenvalue weighted by atomic mass is 9.85. The van der Waals surface area contributed by atoms with E-state index in [0.29, 0.717) is 22.9 Å². The van der Waals surface area contributed by atoms with Gasteiger partial charge < -0.3 is 4.74 Å². The standard InChI is InChI=1S/C15H20Cl2O/c1-2-12-5-3-4-6-14(12)18-15-8-7-11(10-16)9-13(15)17/h7-9,12,14H,2-6,10H2,1H3. The molecule has 1 aliphatic rings. The van der Waals surface area contributed by atoms with Crippen molar-refractivity contribution >= 4 is 23.2 Å². The smallest absolute Gasteiger partial charge is 0.138 e. The van der Waals surface area contributed by atoms with Gasteiger partial charge in [0.15, 0.2) is 0 Å². The zero-order valence-electron chi connectivity index (χ0n) is 10.8. The number of ether oxygens (including phenoxy) is 1. The predicted octanol–water partition coefficient (Wildman–Crippen LogP) is 5.43. The molecule has 1 fully saturated rings. The number of rotatable bonds is 4. The van der Waals surface area contributed by atoms with Gasteiger partial charge in [-0.2, -0.15) is 0 Å². The van der Waals surface area contributed by atoms with Crippen molar-refractivity contribution in [3.63, 3.8) is 0 Å². The third-order valence-corrected chi connectivity index (χ3v) is 4.40. The van der Waals surface area contributed by atoms with E-state index in [1.165, 1.54) is 25.7 Å². The average Bonchev–Trinajstić information content (AvgIpc) is 2.41. The monoisotopic (exact) mass is 286 g/mol. The number of hydrogen-bond acceptors (Lipinski definition) is 1. The van der Waals surface area contributed by atoms with Gasteiger partial charge in [0, 0.05) is 5.88 Å². The topological polar surface area (TPSA) is 9.23 Å². The molecule has 18 heavy (non-hydrogen) atoms. The molecule has 2 atom stereocenters. The third-order valence-electron chi connectivity index (χ3n) is 3.79. The van der Waals surface area contributed by atoms with Crippen LogP contribution < -0.4 is 4.74 Å². The fourth-order valence-electron chi connectivity index (χ4n) is 2.68. The fraction of sp³-hybridized carbons (Fsp3) is 0.600. The molecular weight excluding hydrogens is 267 g/mol. The van der Waals surface area contributed by atoms with Crippen molar-refractivity contribution < 1.29 is 4.74 Å². The first kappa shape index (κ1) is 14.0. The van der Waals surface area contributed by atoms with Gasteiger partial charge >= 0.3 is 0 Å². The SMILES string of the molecule is CCC1CCCCC1Oc1ccc(CCl)cc1Cl. The first-order valence-electron chi connectivity index (χ1n) is 6.75. The molecule has 1 nitrogen and oxygen atoms in total. The molecule has 0 heterocycles. The van der Waals surface area contributed by atoms with Gasteiger partial charge in [0.2, 0.25) is 0 Å². The van der Waals surface area contributed by atoms with Crippen molar-refractivity contribution in [2.75, 3.05) is 0 Å². The zero-order valence-corrected chi connectivity index (χ0v) is 12.3. The number of alkyl halides is 1. The summed E-state index contributed by atoms with van der Waals surface area (Å²) in [6.45, 7) is 2.24. The summed E-state index contributed by atoms with van der Waals surface area (Å²) in [5.74, 6) is 1.96. The second-order valence-electron chi connectivity index (χ2n) is 5.01. The Morgan fingerprint density at radius 1 is 1.28 bits per heavy atom. The molecule has 1 aromatic rings. The Morgan fingerprint density at radius 2 is 2.06 bits per heavy atom. The maximum atomic E-state index is 6.23. The summed E-state index contributed by atoms with van der Waals surface area (Å²) in [5, 5.41) is 0.675. The normalized spacial score (nSPS) is 23.9. The summed E-state index contributed by atoms with van der Waals surface area (Å²) >= 11 is 12.0. The van der Waals surface area contributed by atoms with E-state index in [1.807, 2.05) is 18.2 Å². The first-order valence-corrected chi connectivity index (χ1v) is 7.67. The van der Waals surface area contributed by atoms with Crippen molar-refractivity contribution in [2.45, 2.75) is 51.0 Å². The van der Waals surface area contributed by atoms with Crippen LogP contribution in [0.3, 0.4) is 0 Å². The second-order valence-corrected chi connectivity index (χ2v) is 5.68. The highest BCUT2D eigenvalue weighted by molar-refractivity contribution is 6.32. The highest BCUT2D eigenvalue weighted by atomic mass is 35.5. The summed E-state index contributed by atoms with van der Waals surface area (Å²) in [7, 11) is 0. The summed E-state index contributed by atoms with van der Waals surface area (Å²) in [6, 6.07) is 5.83. The van der Waals surface area contributed by atoms with E-state index in [2.05, 4.69) is 6.92 Å². The van der Waals surface area contributed by atoms with Crippen molar-refractivity contribution in [3.8, 4) is 5.75 Å². The fourth-order valence-corrected chi connectivity index (χ4v) is 3.10. The molecule has 0 bridgehead atoms. The van der Waals surface area contributed by atoms with Gasteiger partial charge in [0.25, 0.3) is 0 Å². The summed E-state index contributed by atoms with van der Waals surface area (Å²) in [6.07, 6.45) is 6.52. The van der Waals surface area contributed by atoms with Crippen molar-refractivity contribution in [2.24, 2.45) is 5.92 Å². The molecule has 2 unspecified atom stereocenters. The van der Waals surface area contributed by atoms with Gasteiger partial charge in [-0.15, -0.1) is 11.6 Å². The number of benzene rings is 1. The minimum absolute atomic E-state index is 0.322. The molecule has 0 saturated heterocycles. The van der Waals surface area contributed by atoms with Gasteiger partial charge in [-0.3, -0.25) is 0 Å². The largest absolute Gasteiger partial charge is 0.489 e. The van der Waals surface area contributed by atoms with Crippen molar-refractivity contribution in [1.29, 1.82) is 0 Å². The van der Waals surface area contributed by atoms with Crippen LogP contribution in [0.5, 0.6) is 5.75 Å². The van der Waals surface area contributed by atoms with Crippen LogP contribution in [0.1, 0.15) is 44.6 Å². The maximum Gasteiger partial charge on any atom is 0.138 e. The Hall–Kier alpha value is -0.400. The van der Waals surface area contributed by atoms with Crippen molar-refractivity contribution in [3.05, 3.63) is 28.8 Å². The van der Waals surface area contributed by atoms with E-state index >= 15 is 0 Å². The van der Waals surface area contributed by atoms with Gasteiger partial charge in [-0.25, -0.2) is 0 Å². The van der Waals surface area contributed by atoms with Gasteiger partial charge in [0.1, 0.15) is 11.9 Å². The lowest BCUT2D eigenvalue weighted by Crippen LogP contribution is -2.30. The summed E-state index contributed by atoms with van der Waals surface area (Å²) < 4.78 is 6.11. The van der Waals surface area contributed by atoms with E-state index in [-0.39, 0.29) is 0 Å². The van der Waals surface area contributed by atoms with E-state index < -0.39 is 0 Å². The van der Waals surface area contributed by atoms with Crippen LogP contribution in [0, 0.1) is 5.92 Å². The quantitative estimate of drug-likeness (QED) is 0.671. The van der Waals surface area contributed by atoms with Crippen LogP contribution in [-0.2, 0) is 5.88 Å². The zero-order chi connectivity index (χ0) is 13.0. The lowest BCUT2D eigenvalue weighted by Gasteiger charge is -2.31. The molecule has 0 radical (unpaired) electrons. The number of hydrogen-bond donors (Lipinski definition) is 0. The van der Waals surface area contributed by atoms with Crippen molar-refractivity contribution in [1.82, 2.24) is 0 Å². The van der Waals surface area contributed by atoms with Crippen LogP contribution in [0.15, 0.2) is 18.2 Å². The van der Waals surface area contributed by atoms with E-state index in [9.17, 15) is 0 Å². The molecule has 0 amide bonds. The van der Waals surface area contributed by atoms with E-state index in [0.717, 1.165) is 17.7 Å². The number of halogens is 2. The second kappa shape index (κ2) is 6.68. The molecule has 1 aliphatic carbocycles. The minimum atomic E-state index is 0.322. The van der Waals surface area contributed by atoms with E-state index in [1.54, 1.807) is 0 Å². The van der Waals surface area contributed by atoms with Gasteiger partial charge in [-0.1, -0.05) is 31.0 Å². The Balaban J connectivity index is 2.07. The summed E-state index contributed by atoms with van der Waals surface area (Å²) in [4.78, 5) is 0. The molecule has 0 aromatic heterocycles. The summed E-state index contributed by atoms with van der Waals surface area (Å²) in [5.41, 5.74) is 1.03. The molecule has 1 saturated carbocycles. The maximum absolute atomic E-state index is 6.23. The highest BCUT2D eigenvalue weighted by Crippen LogP contribution is 2.33. The molecule has 2 rings (SSSR count). The molecule has 100 valence electrons. The molecule has 0 aliphatic heterocycles. The predicted molar refractivity (Wildman–Crippen MR) is 77.7 cm³/mol. The van der Waals surface area contributed by atoms with Gasteiger partial charge in [-0.05, 0) is 49.3 Å². The molecular formula is C15H20Cl2O. The third kappa shape index (κ3) is 3.33. The Labute approximate surface area is 119 Å². The average molecular weight is 287 g/mol. The van der Waals surface area contributed by atoms with E-state index in [4.69, 9.17) is 27.9 Å². The minimum Gasteiger partial charge on any atom is -0.489 e. The Bertz CT molecular complexity index is 392. The van der Waals surface area contributed by atoms with Crippen LogP contribution in [0.2, 0.25) is 5.02 Å². The Morgan fingerprint density at radius 3 is 2.72 bits per heavy atom. The highest BCUT2D eigenvalue weighted by Gasteiger charge is 2.25. The molecule has 3 heteroatoms. The lowest BCUT2D eigenvalue weighted by molar-refractivity contribution is 0.0905. The van der Waals surface area contributed by atoms with Crippen LogP contribution in [0.25, 0.3) is 0 Å². The van der Waals surface area contributed by atoms with Crippen LogP contribution in [-0.4, -0.2) is 6.10 Å². The molecule has 1 aromatic carbocycles. The Kier molecular flexibility index (Phi) is 5.20. The van der Waals surface area contributed by atoms with Crippen LogP contribution in [0.4, 0.5) is 0 Å². The van der Waals surface area contributed by atoms with Crippen LogP contribution >= 0.6 is 23.2 Å².